The van der Waals surface area contributed by atoms with Crippen molar-refractivity contribution in [2.75, 3.05) is 19.6 Å². The highest BCUT2D eigenvalue weighted by Crippen LogP contribution is 2.19. The van der Waals surface area contributed by atoms with Crippen LogP contribution in [0.3, 0.4) is 0 Å². The minimum absolute atomic E-state index is 0.0750. The second kappa shape index (κ2) is 7.23. The second-order valence-corrected chi connectivity index (χ2v) is 5.94. The third-order valence-electron chi connectivity index (χ3n) is 3.37. The van der Waals surface area contributed by atoms with Gasteiger partial charge in [-0.15, -0.1) is 11.3 Å². The molecule has 0 saturated carbocycles. The van der Waals surface area contributed by atoms with Crippen LogP contribution in [0.5, 0.6) is 0 Å². The molecule has 1 unspecified atom stereocenters. The van der Waals surface area contributed by atoms with Crippen LogP contribution in [0.2, 0.25) is 0 Å². The molecule has 1 aromatic rings. The number of hydrogen-bond donors (Lipinski definition) is 2. The standard InChI is InChI=1S/C13H19N3O3S/c17-12(18)8-10-2-1-6-16(9-10)13(19)15-4-3-11-14-5-7-20-11/h5,7,10H,1-4,6,8-9H2,(H,15,19)(H,17,18). The summed E-state index contributed by atoms with van der Waals surface area (Å²) in [6.07, 6.45) is 4.38. The van der Waals surface area contributed by atoms with Crippen LogP contribution in [0, 0.1) is 5.92 Å². The average Bonchev–Trinajstić information content (AvgIpc) is 2.91. The van der Waals surface area contributed by atoms with Crippen molar-refractivity contribution in [2.45, 2.75) is 25.7 Å². The van der Waals surface area contributed by atoms with Crippen molar-refractivity contribution in [2.24, 2.45) is 5.92 Å². The lowest BCUT2D eigenvalue weighted by molar-refractivity contribution is -0.138. The van der Waals surface area contributed by atoms with E-state index in [0.717, 1.165) is 24.3 Å². The molecule has 0 bridgehead atoms. The lowest BCUT2D eigenvalue weighted by Crippen LogP contribution is -2.46. The second-order valence-electron chi connectivity index (χ2n) is 4.96. The molecule has 1 aliphatic heterocycles. The van der Waals surface area contributed by atoms with E-state index < -0.39 is 5.97 Å². The van der Waals surface area contributed by atoms with Gasteiger partial charge in [0.2, 0.25) is 0 Å². The van der Waals surface area contributed by atoms with Crippen molar-refractivity contribution in [3.63, 3.8) is 0 Å². The van der Waals surface area contributed by atoms with Gasteiger partial charge in [0, 0.05) is 44.1 Å². The predicted octanol–water partition coefficient (Wildman–Crippen LogP) is 1.58. The summed E-state index contributed by atoms with van der Waals surface area (Å²) >= 11 is 1.58. The third-order valence-corrected chi connectivity index (χ3v) is 4.21. The molecule has 1 fully saturated rings. The maximum Gasteiger partial charge on any atom is 0.317 e. The Balaban J connectivity index is 1.72. The van der Waals surface area contributed by atoms with Gasteiger partial charge in [0.15, 0.2) is 0 Å². The average molecular weight is 297 g/mol. The number of carboxylic acids is 1. The lowest BCUT2D eigenvalue weighted by Gasteiger charge is -2.32. The van der Waals surface area contributed by atoms with Crippen LogP contribution >= 0.6 is 11.3 Å². The molecule has 0 spiro atoms. The third kappa shape index (κ3) is 4.48. The number of piperidine rings is 1. The van der Waals surface area contributed by atoms with E-state index in [2.05, 4.69) is 10.3 Å². The van der Waals surface area contributed by atoms with Gasteiger partial charge in [-0.1, -0.05) is 0 Å². The monoisotopic (exact) mass is 297 g/mol. The number of thiazole rings is 1. The molecule has 0 aliphatic carbocycles. The number of urea groups is 1. The lowest BCUT2D eigenvalue weighted by atomic mass is 9.95. The molecular weight excluding hydrogens is 278 g/mol. The Labute approximate surface area is 121 Å². The molecule has 2 N–H and O–H groups in total. The number of carboxylic acid groups (broad SMARTS) is 1. The summed E-state index contributed by atoms with van der Waals surface area (Å²) < 4.78 is 0. The molecule has 1 aliphatic rings. The zero-order chi connectivity index (χ0) is 14.4. The number of nitrogens with one attached hydrogen (secondary N) is 1. The van der Waals surface area contributed by atoms with E-state index in [9.17, 15) is 9.59 Å². The molecule has 110 valence electrons. The van der Waals surface area contributed by atoms with Crippen LogP contribution in [0.1, 0.15) is 24.3 Å². The minimum atomic E-state index is -0.791. The van der Waals surface area contributed by atoms with Gasteiger partial charge < -0.3 is 15.3 Å². The van der Waals surface area contributed by atoms with E-state index in [-0.39, 0.29) is 18.4 Å². The maximum absolute atomic E-state index is 12.0. The van der Waals surface area contributed by atoms with Crippen molar-refractivity contribution < 1.29 is 14.7 Å². The van der Waals surface area contributed by atoms with Crippen LogP contribution in [0.15, 0.2) is 11.6 Å². The van der Waals surface area contributed by atoms with E-state index >= 15 is 0 Å². The van der Waals surface area contributed by atoms with Crippen molar-refractivity contribution in [3.05, 3.63) is 16.6 Å². The summed E-state index contributed by atoms with van der Waals surface area (Å²) in [7, 11) is 0. The number of carbonyl (C=O) groups is 2. The van der Waals surface area contributed by atoms with Gasteiger partial charge in [-0.25, -0.2) is 9.78 Å². The Morgan fingerprint density at radius 1 is 1.55 bits per heavy atom. The number of rotatable bonds is 5. The maximum atomic E-state index is 12.0. The van der Waals surface area contributed by atoms with Crippen molar-refractivity contribution in [1.29, 1.82) is 0 Å². The number of nitrogens with zero attached hydrogens (tertiary/aromatic N) is 2. The van der Waals surface area contributed by atoms with Gasteiger partial charge in [0.05, 0.1) is 5.01 Å². The van der Waals surface area contributed by atoms with E-state index in [1.807, 2.05) is 5.38 Å². The molecule has 1 saturated heterocycles. The predicted molar refractivity (Wildman–Crippen MR) is 75.8 cm³/mol. The van der Waals surface area contributed by atoms with Crippen LogP contribution < -0.4 is 5.32 Å². The summed E-state index contributed by atoms with van der Waals surface area (Å²) in [6.45, 7) is 1.81. The van der Waals surface area contributed by atoms with Gasteiger partial charge in [-0.2, -0.15) is 0 Å². The molecule has 2 rings (SSSR count). The number of aliphatic carboxylic acids is 1. The van der Waals surface area contributed by atoms with Gasteiger partial charge in [0.25, 0.3) is 0 Å². The SMILES string of the molecule is O=C(O)CC1CCCN(C(=O)NCCc2nccs2)C1. The summed E-state index contributed by atoms with van der Waals surface area (Å²) in [5.41, 5.74) is 0. The summed E-state index contributed by atoms with van der Waals surface area (Å²) in [6, 6.07) is -0.100. The molecule has 1 atom stereocenters. The zero-order valence-electron chi connectivity index (χ0n) is 11.2. The molecule has 20 heavy (non-hydrogen) atoms. The van der Waals surface area contributed by atoms with Gasteiger partial charge in [-0.05, 0) is 18.8 Å². The van der Waals surface area contributed by atoms with Crippen molar-refractivity contribution in [1.82, 2.24) is 15.2 Å². The molecule has 0 aromatic carbocycles. The highest BCUT2D eigenvalue weighted by molar-refractivity contribution is 7.09. The normalized spacial score (nSPS) is 18.8. The molecule has 1 aromatic heterocycles. The topological polar surface area (TPSA) is 82.5 Å². The first kappa shape index (κ1) is 14.8. The summed E-state index contributed by atoms with van der Waals surface area (Å²) in [5.74, 6) is -0.716. The molecule has 2 amide bonds. The number of likely N-dealkylation sites (tertiary alicyclic amines) is 1. The Morgan fingerprint density at radius 3 is 3.10 bits per heavy atom. The zero-order valence-corrected chi connectivity index (χ0v) is 12.1. The fraction of sp³-hybridized carbons (Fsp3) is 0.615. The van der Waals surface area contributed by atoms with Crippen LogP contribution in [-0.2, 0) is 11.2 Å². The molecule has 6 nitrogen and oxygen atoms in total. The fourth-order valence-electron chi connectivity index (χ4n) is 2.43. The highest BCUT2D eigenvalue weighted by Gasteiger charge is 2.24. The molecule has 7 heteroatoms. The first-order valence-corrected chi connectivity index (χ1v) is 7.66. The number of amides is 2. The van der Waals surface area contributed by atoms with Crippen molar-refractivity contribution in [3.8, 4) is 0 Å². The van der Waals surface area contributed by atoms with E-state index in [0.29, 0.717) is 19.6 Å². The van der Waals surface area contributed by atoms with Crippen molar-refractivity contribution >= 4 is 23.3 Å². The van der Waals surface area contributed by atoms with E-state index in [4.69, 9.17) is 5.11 Å². The van der Waals surface area contributed by atoms with Gasteiger partial charge in [-0.3, -0.25) is 4.79 Å². The number of aromatic nitrogens is 1. The number of hydrogen-bond acceptors (Lipinski definition) is 4. The van der Waals surface area contributed by atoms with Crippen LogP contribution in [-0.4, -0.2) is 46.6 Å². The largest absolute Gasteiger partial charge is 0.481 e. The Hall–Kier alpha value is -1.63. The smallest absolute Gasteiger partial charge is 0.317 e. The Kier molecular flexibility index (Phi) is 5.34. The first-order chi connectivity index (χ1) is 9.65. The van der Waals surface area contributed by atoms with Crippen LogP contribution in [0.4, 0.5) is 4.79 Å². The molecule has 2 heterocycles. The van der Waals surface area contributed by atoms with E-state index in [1.54, 1.807) is 22.4 Å². The van der Waals surface area contributed by atoms with E-state index in [1.165, 1.54) is 0 Å². The number of carbonyl (C=O) groups excluding carboxylic acids is 1. The molecular formula is C13H19N3O3S. The fourth-order valence-corrected chi connectivity index (χ4v) is 3.05. The summed E-state index contributed by atoms with van der Waals surface area (Å²) in [5, 5.41) is 14.6. The highest BCUT2D eigenvalue weighted by atomic mass is 32.1. The minimum Gasteiger partial charge on any atom is -0.481 e. The Bertz CT molecular complexity index is 450. The van der Waals surface area contributed by atoms with Gasteiger partial charge >= 0.3 is 12.0 Å². The Morgan fingerprint density at radius 2 is 2.40 bits per heavy atom. The quantitative estimate of drug-likeness (QED) is 0.864. The van der Waals surface area contributed by atoms with Gasteiger partial charge in [0.1, 0.15) is 0 Å². The molecule has 0 radical (unpaired) electrons. The summed E-state index contributed by atoms with van der Waals surface area (Å²) in [4.78, 5) is 28.6. The van der Waals surface area contributed by atoms with Crippen LogP contribution in [0.25, 0.3) is 0 Å². The first-order valence-electron chi connectivity index (χ1n) is 6.78.